The van der Waals surface area contributed by atoms with E-state index in [0.29, 0.717) is 0 Å². The molecule has 1 fully saturated rings. The van der Waals surface area contributed by atoms with Crippen LogP contribution in [0.4, 0.5) is 0 Å². The quantitative estimate of drug-likeness (QED) is 0.572. The molecule has 1 N–H and O–H groups in total. The van der Waals surface area contributed by atoms with Crippen molar-refractivity contribution >= 4 is 5.91 Å². The summed E-state index contributed by atoms with van der Waals surface area (Å²) < 4.78 is 0. The summed E-state index contributed by atoms with van der Waals surface area (Å²) in [5.74, 6) is 0.229. The molecule has 1 atom stereocenters. The molecular weight excluding hydrogens is 138 g/mol. The SMILES string of the molecule is CCC1(C(C)(C)C)CNC1=O. The molecule has 0 radical (unpaired) electrons. The number of carbonyl (C=O) groups is 1. The summed E-state index contributed by atoms with van der Waals surface area (Å²) in [4.78, 5) is 11.3. The van der Waals surface area contributed by atoms with Crippen LogP contribution in [0, 0.1) is 10.8 Å². The maximum absolute atomic E-state index is 11.3. The van der Waals surface area contributed by atoms with Crippen LogP contribution in [0.1, 0.15) is 34.1 Å². The monoisotopic (exact) mass is 155 g/mol. The molecule has 11 heavy (non-hydrogen) atoms. The van der Waals surface area contributed by atoms with E-state index in [-0.39, 0.29) is 16.7 Å². The van der Waals surface area contributed by atoms with Crippen LogP contribution >= 0.6 is 0 Å². The third-order valence-electron chi connectivity index (χ3n) is 3.02. The van der Waals surface area contributed by atoms with Crippen molar-refractivity contribution in [2.75, 3.05) is 6.54 Å². The largest absolute Gasteiger partial charge is 0.354 e. The molecule has 64 valence electrons. The van der Waals surface area contributed by atoms with Gasteiger partial charge in [-0.3, -0.25) is 4.79 Å². The first-order valence-electron chi connectivity index (χ1n) is 4.22. The van der Waals surface area contributed by atoms with Crippen LogP contribution in [0.15, 0.2) is 0 Å². The molecule has 1 aliphatic rings. The Labute approximate surface area is 68.4 Å². The van der Waals surface area contributed by atoms with Gasteiger partial charge in [0.2, 0.25) is 5.91 Å². The van der Waals surface area contributed by atoms with Gasteiger partial charge in [-0.25, -0.2) is 0 Å². The normalized spacial score (nSPS) is 31.1. The zero-order valence-corrected chi connectivity index (χ0v) is 7.82. The van der Waals surface area contributed by atoms with E-state index in [1.54, 1.807) is 0 Å². The molecule has 1 unspecified atom stereocenters. The standard InChI is InChI=1S/C9H17NO/c1-5-9(8(2,3)4)6-10-7(9)11/h5-6H2,1-4H3,(H,10,11). The summed E-state index contributed by atoms with van der Waals surface area (Å²) in [6.07, 6.45) is 0.947. The Morgan fingerprint density at radius 2 is 2.09 bits per heavy atom. The number of hydrogen-bond acceptors (Lipinski definition) is 1. The van der Waals surface area contributed by atoms with Gasteiger partial charge in [-0.15, -0.1) is 0 Å². The molecule has 2 heteroatoms. The summed E-state index contributed by atoms with van der Waals surface area (Å²) in [6.45, 7) is 9.34. The Bertz CT molecular complexity index is 176. The molecule has 0 bridgehead atoms. The van der Waals surface area contributed by atoms with E-state index >= 15 is 0 Å². The molecule has 1 saturated heterocycles. The summed E-state index contributed by atoms with van der Waals surface area (Å²) in [7, 11) is 0. The van der Waals surface area contributed by atoms with E-state index < -0.39 is 0 Å². The molecule has 1 amide bonds. The first-order valence-corrected chi connectivity index (χ1v) is 4.22. The van der Waals surface area contributed by atoms with Gasteiger partial charge in [0, 0.05) is 6.54 Å². The second-order valence-corrected chi connectivity index (χ2v) is 4.37. The molecule has 0 aromatic heterocycles. The van der Waals surface area contributed by atoms with Gasteiger partial charge in [-0.05, 0) is 11.8 Å². The number of rotatable bonds is 1. The lowest BCUT2D eigenvalue weighted by molar-refractivity contribution is -0.149. The summed E-state index contributed by atoms with van der Waals surface area (Å²) in [5, 5.41) is 2.82. The minimum absolute atomic E-state index is 0.0903. The molecule has 0 aromatic carbocycles. The van der Waals surface area contributed by atoms with Crippen molar-refractivity contribution in [1.82, 2.24) is 5.32 Å². The average molecular weight is 155 g/mol. The van der Waals surface area contributed by atoms with Crippen molar-refractivity contribution in [3.8, 4) is 0 Å². The molecular formula is C9H17NO. The fourth-order valence-corrected chi connectivity index (χ4v) is 1.80. The topological polar surface area (TPSA) is 29.1 Å². The van der Waals surface area contributed by atoms with Crippen LogP contribution in [-0.2, 0) is 4.79 Å². The fraction of sp³-hybridized carbons (Fsp3) is 0.889. The van der Waals surface area contributed by atoms with Crippen LogP contribution in [0.3, 0.4) is 0 Å². The highest BCUT2D eigenvalue weighted by Gasteiger charge is 2.52. The lowest BCUT2D eigenvalue weighted by Crippen LogP contribution is -2.64. The van der Waals surface area contributed by atoms with Crippen molar-refractivity contribution in [2.45, 2.75) is 34.1 Å². The van der Waals surface area contributed by atoms with Gasteiger partial charge < -0.3 is 5.32 Å². The summed E-state index contributed by atoms with van der Waals surface area (Å²) in [5.41, 5.74) is 0.0110. The van der Waals surface area contributed by atoms with Crippen LogP contribution in [-0.4, -0.2) is 12.5 Å². The Morgan fingerprint density at radius 1 is 1.55 bits per heavy atom. The minimum atomic E-state index is -0.0903. The first-order chi connectivity index (χ1) is 4.94. The Hall–Kier alpha value is -0.530. The van der Waals surface area contributed by atoms with Gasteiger partial charge >= 0.3 is 0 Å². The Balaban J connectivity index is 2.86. The highest BCUT2D eigenvalue weighted by atomic mass is 16.2. The smallest absolute Gasteiger partial charge is 0.228 e. The van der Waals surface area contributed by atoms with Crippen molar-refractivity contribution in [1.29, 1.82) is 0 Å². The van der Waals surface area contributed by atoms with Crippen molar-refractivity contribution in [3.05, 3.63) is 0 Å². The molecule has 1 rings (SSSR count). The predicted molar refractivity (Wildman–Crippen MR) is 45.2 cm³/mol. The van der Waals surface area contributed by atoms with Gasteiger partial charge in [0.05, 0.1) is 5.41 Å². The zero-order valence-electron chi connectivity index (χ0n) is 7.82. The number of β-lactam (4-membered cyclic amide) rings is 1. The third-order valence-corrected chi connectivity index (χ3v) is 3.02. The maximum Gasteiger partial charge on any atom is 0.228 e. The third kappa shape index (κ3) is 0.959. The molecule has 0 saturated carbocycles. The van der Waals surface area contributed by atoms with Gasteiger partial charge in [-0.1, -0.05) is 27.7 Å². The van der Waals surface area contributed by atoms with E-state index in [1.807, 2.05) is 0 Å². The van der Waals surface area contributed by atoms with Crippen molar-refractivity contribution < 1.29 is 4.79 Å². The molecule has 1 heterocycles. The molecule has 0 spiro atoms. The van der Waals surface area contributed by atoms with Gasteiger partial charge in [0.15, 0.2) is 0 Å². The second kappa shape index (κ2) is 2.23. The van der Waals surface area contributed by atoms with Crippen LogP contribution in [0.2, 0.25) is 0 Å². The highest BCUT2D eigenvalue weighted by Crippen LogP contribution is 2.45. The number of hydrogen-bond donors (Lipinski definition) is 1. The van der Waals surface area contributed by atoms with Crippen LogP contribution in [0.5, 0.6) is 0 Å². The lowest BCUT2D eigenvalue weighted by atomic mass is 9.60. The van der Waals surface area contributed by atoms with Crippen LogP contribution in [0.25, 0.3) is 0 Å². The van der Waals surface area contributed by atoms with E-state index in [2.05, 4.69) is 33.0 Å². The van der Waals surface area contributed by atoms with E-state index in [9.17, 15) is 4.79 Å². The van der Waals surface area contributed by atoms with Gasteiger partial charge in [0.1, 0.15) is 0 Å². The minimum Gasteiger partial charge on any atom is -0.354 e. The van der Waals surface area contributed by atoms with E-state index in [4.69, 9.17) is 0 Å². The molecule has 0 aliphatic carbocycles. The molecule has 0 aromatic rings. The Kier molecular flexibility index (Phi) is 1.73. The van der Waals surface area contributed by atoms with E-state index in [1.165, 1.54) is 0 Å². The lowest BCUT2D eigenvalue weighted by Gasteiger charge is -2.49. The molecule has 2 nitrogen and oxygen atoms in total. The number of carbonyl (C=O) groups excluding carboxylic acids is 1. The fourth-order valence-electron chi connectivity index (χ4n) is 1.80. The van der Waals surface area contributed by atoms with E-state index in [0.717, 1.165) is 13.0 Å². The summed E-state index contributed by atoms with van der Waals surface area (Å²) >= 11 is 0. The van der Waals surface area contributed by atoms with Crippen molar-refractivity contribution in [2.24, 2.45) is 10.8 Å². The maximum atomic E-state index is 11.3. The average Bonchev–Trinajstić information content (AvgIpc) is 1.84. The molecule has 1 aliphatic heterocycles. The zero-order chi connectivity index (χ0) is 8.70. The first kappa shape index (κ1) is 8.57. The summed E-state index contributed by atoms with van der Waals surface area (Å²) in [6, 6.07) is 0. The number of amides is 1. The Morgan fingerprint density at radius 3 is 2.09 bits per heavy atom. The van der Waals surface area contributed by atoms with Crippen molar-refractivity contribution in [3.63, 3.8) is 0 Å². The van der Waals surface area contributed by atoms with Crippen LogP contribution < -0.4 is 5.32 Å². The van der Waals surface area contributed by atoms with Gasteiger partial charge in [0.25, 0.3) is 0 Å². The number of nitrogens with one attached hydrogen (secondary N) is 1. The highest BCUT2D eigenvalue weighted by molar-refractivity contribution is 5.89. The second-order valence-electron chi connectivity index (χ2n) is 4.37. The van der Waals surface area contributed by atoms with Gasteiger partial charge in [-0.2, -0.15) is 0 Å². The predicted octanol–water partition coefficient (Wildman–Crippen LogP) is 1.56.